The number of likely N-dealkylation sites (N-methyl/N-ethyl adjacent to an activating group) is 1. The van der Waals surface area contributed by atoms with E-state index >= 15 is 0 Å². The summed E-state index contributed by atoms with van der Waals surface area (Å²) in [4.78, 5) is 13.6. The van der Waals surface area contributed by atoms with E-state index in [0.717, 1.165) is 6.26 Å². The van der Waals surface area contributed by atoms with Gasteiger partial charge in [-0.1, -0.05) is 0 Å². The summed E-state index contributed by atoms with van der Waals surface area (Å²) in [7, 11) is -3.15. The minimum Gasteiger partial charge on any atom is -0.342 e. The molecule has 0 aliphatic rings. The normalized spacial score (nSPS) is 13.4. The number of nitrogens with one attached hydrogen (secondary N) is 2. The van der Waals surface area contributed by atoms with Gasteiger partial charge < -0.3 is 10.2 Å². The van der Waals surface area contributed by atoms with Gasteiger partial charge >= 0.3 is 0 Å². The maximum atomic E-state index is 11.8. The summed E-state index contributed by atoms with van der Waals surface area (Å²) in [5.74, 6) is 0.0364. The van der Waals surface area contributed by atoms with E-state index in [2.05, 4.69) is 10.0 Å². The van der Waals surface area contributed by atoms with Crippen LogP contribution in [-0.2, 0) is 14.8 Å². The molecule has 6 nitrogen and oxygen atoms in total. The van der Waals surface area contributed by atoms with E-state index in [1.165, 1.54) is 0 Å². The molecule has 0 saturated carbocycles. The molecule has 0 spiro atoms. The van der Waals surface area contributed by atoms with Gasteiger partial charge in [-0.05, 0) is 20.8 Å². The molecule has 1 unspecified atom stereocenters. The van der Waals surface area contributed by atoms with Crippen molar-refractivity contribution in [1.82, 2.24) is 14.9 Å². The van der Waals surface area contributed by atoms with Crippen LogP contribution >= 0.6 is 0 Å². The summed E-state index contributed by atoms with van der Waals surface area (Å²) in [5, 5.41) is 2.99. The third kappa shape index (κ3) is 7.30. The molecule has 0 heterocycles. The molecule has 1 atom stereocenters. The van der Waals surface area contributed by atoms with Crippen molar-refractivity contribution in [3.8, 4) is 0 Å². The molecule has 0 fully saturated rings. The van der Waals surface area contributed by atoms with E-state index < -0.39 is 10.0 Å². The van der Waals surface area contributed by atoms with Gasteiger partial charge in [0.25, 0.3) is 0 Å². The zero-order valence-corrected chi connectivity index (χ0v) is 11.8. The average molecular weight is 265 g/mol. The molecule has 0 bridgehead atoms. The summed E-state index contributed by atoms with van der Waals surface area (Å²) < 4.78 is 24.0. The fraction of sp³-hybridized carbons (Fsp3) is 0.900. The van der Waals surface area contributed by atoms with Gasteiger partial charge in [-0.3, -0.25) is 4.79 Å². The van der Waals surface area contributed by atoms with Crippen molar-refractivity contribution in [3.05, 3.63) is 0 Å². The molecule has 0 saturated heterocycles. The van der Waals surface area contributed by atoms with E-state index in [0.29, 0.717) is 19.6 Å². The summed E-state index contributed by atoms with van der Waals surface area (Å²) in [6.45, 7) is 7.72. The quantitative estimate of drug-likeness (QED) is 0.574. The largest absolute Gasteiger partial charge is 0.342 e. The van der Waals surface area contributed by atoms with Crippen LogP contribution < -0.4 is 10.0 Å². The number of nitrogens with zero attached hydrogens (tertiary/aromatic N) is 1. The van der Waals surface area contributed by atoms with E-state index in [-0.39, 0.29) is 18.5 Å². The number of sulfonamides is 1. The minimum atomic E-state index is -3.15. The maximum Gasteiger partial charge on any atom is 0.239 e. The molecule has 17 heavy (non-hydrogen) atoms. The Morgan fingerprint density at radius 1 is 1.24 bits per heavy atom. The number of hydrogen-bond donors (Lipinski definition) is 2. The predicted molar refractivity (Wildman–Crippen MR) is 68.2 cm³/mol. The second-order valence-corrected chi connectivity index (χ2v) is 5.69. The molecule has 0 radical (unpaired) electrons. The Morgan fingerprint density at radius 3 is 2.18 bits per heavy atom. The van der Waals surface area contributed by atoms with Crippen molar-refractivity contribution < 1.29 is 13.2 Å². The summed E-state index contributed by atoms with van der Waals surface area (Å²) in [6, 6.07) is -0.295. The fourth-order valence-electron chi connectivity index (χ4n) is 1.42. The van der Waals surface area contributed by atoms with E-state index in [1.807, 2.05) is 13.8 Å². The van der Waals surface area contributed by atoms with Crippen molar-refractivity contribution in [2.45, 2.75) is 26.8 Å². The first-order valence-electron chi connectivity index (χ1n) is 5.78. The van der Waals surface area contributed by atoms with Crippen molar-refractivity contribution in [1.29, 1.82) is 0 Å². The smallest absolute Gasteiger partial charge is 0.239 e. The molecule has 0 aromatic carbocycles. The van der Waals surface area contributed by atoms with Gasteiger partial charge in [-0.2, -0.15) is 0 Å². The van der Waals surface area contributed by atoms with E-state index in [1.54, 1.807) is 11.8 Å². The van der Waals surface area contributed by atoms with Gasteiger partial charge in [-0.15, -0.1) is 0 Å². The number of rotatable bonds is 8. The Kier molecular flexibility index (Phi) is 7.33. The van der Waals surface area contributed by atoms with Crippen molar-refractivity contribution in [2.24, 2.45) is 0 Å². The molecule has 7 heteroatoms. The van der Waals surface area contributed by atoms with Gasteiger partial charge in [0.15, 0.2) is 0 Å². The van der Waals surface area contributed by atoms with E-state index in [9.17, 15) is 13.2 Å². The second kappa shape index (κ2) is 7.62. The standard InChI is InChI=1S/C10H23N3O3S/c1-5-13(6-2)10(14)9(3)11-7-8-12-17(4,15)16/h9,11-12H,5-8H2,1-4H3. The molecule has 0 rings (SSSR count). The third-order valence-electron chi connectivity index (χ3n) is 2.39. The molecular formula is C10H23N3O3S. The molecular weight excluding hydrogens is 242 g/mol. The highest BCUT2D eigenvalue weighted by Crippen LogP contribution is 1.94. The molecule has 0 aromatic rings. The van der Waals surface area contributed by atoms with Crippen molar-refractivity contribution in [2.75, 3.05) is 32.4 Å². The molecule has 0 aliphatic carbocycles. The van der Waals surface area contributed by atoms with Gasteiger partial charge in [0, 0.05) is 26.2 Å². The summed E-state index contributed by atoms with van der Waals surface area (Å²) in [6.07, 6.45) is 1.11. The minimum absolute atomic E-state index is 0.0364. The summed E-state index contributed by atoms with van der Waals surface area (Å²) in [5.41, 5.74) is 0. The highest BCUT2D eigenvalue weighted by Gasteiger charge is 2.16. The first-order valence-corrected chi connectivity index (χ1v) is 7.67. The molecule has 102 valence electrons. The molecule has 0 aromatic heterocycles. The first kappa shape index (κ1) is 16.3. The van der Waals surface area contributed by atoms with Gasteiger partial charge in [0.2, 0.25) is 15.9 Å². The highest BCUT2D eigenvalue weighted by molar-refractivity contribution is 7.88. The summed E-state index contributed by atoms with van der Waals surface area (Å²) >= 11 is 0. The fourth-order valence-corrected chi connectivity index (χ4v) is 1.89. The van der Waals surface area contributed by atoms with Crippen LogP contribution in [0.2, 0.25) is 0 Å². The maximum absolute atomic E-state index is 11.8. The van der Waals surface area contributed by atoms with Crippen LogP contribution in [0.5, 0.6) is 0 Å². The molecule has 2 N–H and O–H groups in total. The van der Waals surface area contributed by atoms with Crippen LogP contribution in [0.1, 0.15) is 20.8 Å². The van der Waals surface area contributed by atoms with Crippen LogP contribution in [0.25, 0.3) is 0 Å². The Morgan fingerprint density at radius 2 is 1.76 bits per heavy atom. The lowest BCUT2D eigenvalue weighted by Gasteiger charge is -2.23. The van der Waals surface area contributed by atoms with Gasteiger partial charge in [0.1, 0.15) is 0 Å². The Labute approximate surface area is 104 Å². The third-order valence-corrected chi connectivity index (χ3v) is 3.11. The van der Waals surface area contributed by atoms with E-state index in [4.69, 9.17) is 0 Å². The van der Waals surface area contributed by atoms with Crippen molar-refractivity contribution in [3.63, 3.8) is 0 Å². The zero-order valence-electron chi connectivity index (χ0n) is 11.0. The number of amides is 1. The Bertz CT molecular complexity index is 326. The van der Waals surface area contributed by atoms with Crippen LogP contribution in [0.3, 0.4) is 0 Å². The van der Waals surface area contributed by atoms with Crippen LogP contribution in [0.4, 0.5) is 0 Å². The lowest BCUT2D eigenvalue weighted by molar-refractivity contribution is -0.132. The molecule has 0 aliphatic heterocycles. The number of carbonyl (C=O) groups is 1. The monoisotopic (exact) mass is 265 g/mol. The zero-order chi connectivity index (χ0) is 13.5. The lowest BCUT2D eigenvalue weighted by atomic mass is 10.3. The predicted octanol–water partition coefficient (Wildman–Crippen LogP) is -0.618. The lowest BCUT2D eigenvalue weighted by Crippen LogP contribution is -2.46. The van der Waals surface area contributed by atoms with Gasteiger partial charge in [-0.25, -0.2) is 13.1 Å². The van der Waals surface area contributed by atoms with Crippen molar-refractivity contribution >= 4 is 15.9 Å². The average Bonchev–Trinajstić information content (AvgIpc) is 2.24. The molecule has 1 amide bonds. The Hall–Kier alpha value is -0.660. The number of carbonyl (C=O) groups excluding carboxylic acids is 1. The first-order chi connectivity index (χ1) is 7.81. The number of hydrogen-bond acceptors (Lipinski definition) is 4. The Balaban J connectivity index is 3.94. The van der Waals surface area contributed by atoms with Gasteiger partial charge in [0.05, 0.1) is 12.3 Å². The van der Waals surface area contributed by atoms with Crippen LogP contribution in [0, 0.1) is 0 Å². The SMILES string of the molecule is CCN(CC)C(=O)C(C)NCCNS(C)(=O)=O. The van der Waals surface area contributed by atoms with Crippen LogP contribution in [0.15, 0.2) is 0 Å². The topological polar surface area (TPSA) is 78.5 Å². The second-order valence-electron chi connectivity index (χ2n) is 3.85. The van der Waals surface area contributed by atoms with Crippen LogP contribution in [-0.4, -0.2) is 57.7 Å². The highest BCUT2D eigenvalue weighted by atomic mass is 32.2.